The molecule has 3 heterocycles. The van der Waals surface area contributed by atoms with Gasteiger partial charge in [-0.3, -0.25) is 9.89 Å². The van der Waals surface area contributed by atoms with E-state index in [0.29, 0.717) is 29.8 Å². The minimum Gasteiger partial charge on any atom is -0.384 e. The highest BCUT2D eigenvalue weighted by atomic mass is 127. The van der Waals surface area contributed by atoms with Crippen LogP contribution in [0.1, 0.15) is 33.5 Å². The van der Waals surface area contributed by atoms with Crippen LogP contribution < -0.4 is 16.4 Å². The van der Waals surface area contributed by atoms with Gasteiger partial charge in [-0.25, -0.2) is 9.97 Å². The molecule has 0 saturated carbocycles. The van der Waals surface area contributed by atoms with Gasteiger partial charge in [-0.15, -0.1) is 0 Å². The molecule has 3 aromatic heterocycles. The topological polar surface area (TPSA) is 122 Å². The van der Waals surface area contributed by atoms with Crippen molar-refractivity contribution in [2.24, 2.45) is 5.92 Å². The summed E-state index contributed by atoms with van der Waals surface area (Å²) in [5.41, 5.74) is 6.80. The van der Waals surface area contributed by atoms with Crippen molar-refractivity contribution in [3.05, 3.63) is 89.3 Å². The zero-order valence-corrected chi connectivity index (χ0v) is 23.8. The number of nitrogens with zero attached hydrogens (tertiary/aromatic N) is 3. The molecule has 1 aliphatic carbocycles. The van der Waals surface area contributed by atoms with Crippen molar-refractivity contribution in [2.75, 3.05) is 22.9 Å². The van der Waals surface area contributed by atoms with Gasteiger partial charge in [0.05, 0.1) is 16.5 Å². The number of carbonyl (C=O) groups excluding carboxylic acids is 1. The van der Waals surface area contributed by atoms with Crippen molar-refractivity contribution < 1.29 is 26.7 Å². The van der Waals surface area contributed by atoms with Gasteiger partial charge >= 0.3 is 10.1 Å². The van der Waals surface area contributed by atoms with Crippen molar-refractivity contribution in [1.29, 1.82) is 0 Å². The number of alkyl halides is 6. The smallest absolute Gasteiger partial charge is 0.384 e. The maximum absolute atomic E-state index is 14.4. The molecule has 8 nitrogen and oxygen atoms in total. The summed E-state index contributed by atoms with van der Waals surface area (Å²) in [7, 11) is 0. The number of amides is 1. The molecular formula is C28H23F5IN7O. The van der Waals surface area contributed by atoms with E-state index in [9.17, 15) is 26.7 Å². The molecule has 1 aromatic carbocycles. The summed E-state index contributed by atoms with van der Waals surface area (Å²) < 4.78 is 67.7. The zero-order valence-electron chi connectivity index (χ0n) is 21.6. The van der Waals surface area contributed by atoms with Gasteiger partial charge in [-0.05, 0) is 75.0 Å². The summed E-state index contributed by atoms with van der Waals surface area (Å²) in [6, 6.07) is 6.75. The fraction of sp³-hybridized carbons (Fsp3) is 0.179. The first-order valence-electron chi connectivity index (χ1n) is 12.4. The van der Waals surface area contributed by atoms with Crippen LogP contribution in [0.4, 0.5) is 39.3 Å². The van der Waals surface area contributed by atoms with E-state index < -0.39 is 47.9 Å². The fourth-order valence-corrected chi connectivity index (χ4v) is 5.02. The van der Waals surface area contributed by atoms with E-state index in [1.165, 1.54) is 0 Å². The van der Waals surface area contributed by atoms with Gasteiger partial charge in [0.2, 0.25) is 0 Å². The number of nitrogens with one attached hydrogen (secondary N) is 3. The third-order valence-electron chi connectivity index (χ3n) is 6.59. The third-order valence-corrected chi connectivity index (χ3v) is 8.17. The van der Waals surface area contributed by atoms with Gasteiger partial charge < -0.3 is 16.4 Å². The molecule has 0 saturated heterocycles. The van der Waals surface area contributed by atoms with Crippen molar-refractivity contribution >= 4 is 65.1 Å². The lowest BCUT2D eigenvalue weighted by molar-refractivity contribution is -0.137. The summed E-state index contributed by atoms with van der Waals surface area (Å²) in [5.74, 6) is -0.320. The second-order valence-corrected chi connectivity index (χ2v) is 11.5. The Bertz CT molecular complexity index is 1710. The third kappa shape index (κ3) is 6.32. The number of hydrogen-bond donors (Lipinski definition) is 4. The molecule has 1 unspecified atom stereocenters. The first kappa shape index (κ1) is 29.3. The zero-order chi connectivity index (χ0) is 30.1. The number of benzene rings is 1. The van der Waals surface area contributed by atoms with Gasteiger partial charge in [-0.1, -0.05) is 22.7 Å². The van der Waals surface area contributed by atoms with Crippen LogP contribution in [-0.2, 0) is 10.1 Å². The number of H-pyrrole nitrogens is 1. The second-order valence-electron chi connectivity index (χ2n) is 9.41. The van der Waals surface area contributed by atoms with Crippen molar-refractivity contribution in [2.45, 2.75) is 16.5 Å². The Morgan fingerprint density at radius 1 is 1.10 bits per heavy atom. The predicted molar refractivity (Wildman–Crippen MR) is 161 cm³/mol. The number of anilines is 3. The lowest BCUT2D eigenvalue weighted by Gasteiger charge is -2.20. The summed E-state index contributed by atoms with van der Waals surface area (Å²) in [6.45, 7) is 0.331. The molecule has 1 aliphatic rings. The Kier molecular flexibility index (Phi) is 8.08. The molecule has 42 heavy (non-hydrogen) atoms. The summed E-state index contributed by atoms with van der Waals surface area (Å²) in [4.78, 5) is 21.5. The van der Waals surface area contributed by atoms with Crippen LogP contribution in [0, 0.1) is 5.92 Å². The molecule has 1 atom stereocenters. The van der Waals surface area contributed by atoms with E-state index >= 15 is 0 Å². The average molecular weight is 695 g/mol. The largest absolute Gasteiger partial charge is 0.416 e. The molecule has 14 heteroatoms. The average Bonchev–Trinajstić information content (AvgIpc) is 3.35. The monoisotopic (exact) mass is 695 g/mol. The molecular weight excluding hydrogens is 672 g/mol. The molecule has 0 radical (unpaired) electrons. The molecule has 1 amide bonds. The second kappa shape index (κ2) is 11.6. The lowest BCUT2D eigenvalue weighted by atomic mass is 9.93. The Morgan fingerprint density at radius 3 is 2.52 bits per heavy atom. The molecule has 0 bridgehead atoms. The van der Waals surface area contributed by atoms with Crippen molar-refractivity contribution in [1.82, 2.24) is 20.2 Å². The molecule has 5 N–H and O–H groups in total. The highest BCUT2D eigenvalue weighted by Crippen LogP contribution is 2.39. The van der Waals surface area contributed by atoms with Crippen LogP contribution in [0.25, 0.3) is 16.6 Å². The maximum atomic E-state index is 14.4. The molecule has 0 spiro atoms. The fourth-order valence-electron chi connectivity index (χ4n) is 4.29. The number of nitrogens with two attached hydrogens (primary N) is 1. The van der Waals surface area contributed by atoms with Crippen LogP contribution in [0.15, 0.2) is 67.0 Å². The number of carbonyl (C=O) groups is 1. The van der Waals surface area contributed by atoms with E-state index in [4.69, 9.17) is 5.73 Å². The number of nitrogen functional groups attached to an aromatic ring is 1. The number of rotatable bonds is 8. The molecule has 0 aliphatic heterocycles. The number of fused-ring (bicyclic) bond motifs is 1. The van der Waals surface area contributed by atoms with Gasteiger partial charge in [0, 0.05) is 35.8 Å². The molecule has 4 aromatic rings. The number of aromatic amines is 1. The van der Waals surface area contributed by atoms with E-state index in [1.54, 1.807) is 6.20 Å². The maximum Gasteiger partial charge on any atom is 0.416 e. The number of pyridine rings is 2. The van der Waals surface area contributed by atoms with Crippen LogP contribution >= 0.6 is 20.7 Å². The quantitative estimate of drug-likeness (QED) is 0.0922. The molecule has 5 rings (SSSR count). The van der Waals surface area contributed by atoms with Crippen LogP contribution in [0.2, 0.25) is 0 Å². The van der Waals surface area contributed by atoms with Gasteiger partial charge in [0.25, 0.3) is 5.91 Å². The van der Waals surface area contributed by atoms with E-state index in [1.807, 2.05) is 24.3 Å². The minimum atomic E-state index is -4.54. The number of aromatic nitrogens is 4. The number of allylic oxidation sites excluding steroid dienone is 3. The van der Waals surface area contributed by atoms with Gasteiger partial charge in [-0.2, -0.15) is 27.1 Å². The Hall–Kier alpha value is -4.21. The molecule has 218 valence electrons. The Labute approximate surface area is 246 Å². The van der Waals surface area contributed by atoms with Gasteiger partial charge in [0.15, 0.2) is 5.65 Å². The summed E-state index contributed by atoms with van der Waals surface area (Å²) in [5, 5.41) is 13.0. The Balaban J connectivity index is 1.31. The van der Waals surface area contributed by atoms with Gasteiger partial charge in [0.1, 0.15) is 11.6 Å². The summed E-state index contributed by atoms with van der Waals surface area (Å²) in [6.07, 6.45) is 4.73. The van der Waals surface area contributed by atoms with Crippen molar-refractivity contribution in [3.63, 3.8) is 0 Å². The minimum absolute atomic E-state index is 0.0103. The standard InChI is InChI=1S/C28H23F5IN7O/c1-34-28(32,33)19-11-22(26(42)39-20-8-6-18(7-9-20)27(29,30)31)24(38-14-19)36-12-15-2-4-16(5-3-15)17-10-21-23(35)40-41-25(21)37-13-17/h2,4-11,13-15H,1,3,12H2,(H,36,38)(H,39,42)(H3,35,37,40,41). The Morgan fingerprint density at radius 2 is 1.86 bits per heavy atom. The van der Waals surface area contributed by atoms with Crippen molar-refractivity contribution in [3.8, 4) is 0 Å². The lowest BCUT2D eigenvalue weighted by Crippen LogP contribution is -2.20. The van der Waals surface area contributed by atoms with Crippen LogP contribution in [0.5, 0.6) is 0 Å². The predicted octanol–water partition coefficient (Wildman–Crippen LogP) is 6.73. The number of halogens is 6. The highest BCUT2D eigenvalue weighted by molar-refractivity contribution is 14.2. The molecule has 0 fully saturated rings. The summed E-state index contributed by atoms with van der Waals surface area (Å²) >= 11 is -1.79. The van der Waals surface area contributed by atoms with E-state index in [-0.39, 0.29) is 23.0 Å². The van der Waals surface area contributed by atoms with Crippen LogP contribution in [-0.4, -0.2) is 37.1 Å². The first-order valence-corrected chi connectivity index (χ1v) is 15.0. The normalized spacial score (nSPS) is 15.5. The van der Waals surface area contributed by atoms with E-state index in [2.05, 4.69) is 35.3 Å². The number of hydrogen-bond acceptors (Lipinski definition) is 6. The van der Waals surface area contributed by atoms with Crippen LogP contribution in [0.3, 0.4) is 0 Å². The highest BCUT2D eigenvalue weighted by Gasteiger charge is 2.31. The SMILES string of the molecule is C=IC(F)(F)c1cnc(NCC2C=CC(c3cnc4n[nH]c(N)c4c3)=CC2)c(C(=O)Nc2ccc(C(F)(F)F)cc2)c1. The van der Waals surface area contributed by atoms with E-state index in [0.717, 1.165) is 47.7 Å². The first-order chi connectivity index (χ1) is 19.9.